The van der Waals surface area contributed by atoms with E-state index < -0.39 is 35.0 Å². The maximum Gasteiger partial charge on any atom is 0.209 e. The number of rotatable bonds is 3. The molecule has 1 fully saturated rings. The molecule has 3 atom stereocenters. The van der Waals surface area contributed by atoms with E-state index in [9.17, 15) is 30.6 Å². The Hall–Kier alpha value is -2.28. The molecule has 1 aliphatic carbocycles. The van der Waals surface area contributed by atoms with Gasteiger partial charge in [0.15, 0.2) is 5.79 Å². The molecule has 0 bridgehead atoms. The van der Waals surface area contributed by atoms with Crippen molar-refractivity contribution in [2.45, 2.75) is 29.1 Å². The fourth-order valence-corrected chi connectivity index (χ4v) is 3.52. The zero-order chi connectivity index (χ0) is 20.5. The molecule has 3 heterocycles. The Morgan fingerprint density at radius 2 is 1.82 bits per heavy atom. The lowest BCUT2D eigenvalue weighted by Gasteiger charge is -2.39. The Bertz CT molecular complexity index is 1020. The van der Waals surface area contributed by atoms with E-state index in [1.54, 1.807) is 12.3 Å². The first-order chi connectivity index (χ1) is 12.9. The van der Waals surface area contributed by atoms with E-state index in [1.165, 1.54) is 18.7 Å². The number of aromatic nitrogens is 5. The molecular weight excluding hydrogens is 368 g/mol. The minimum atomic E-state index is -3.62. The van der Waals surface area contributed by atoms with Crippen LogP contribution in [-0.4, -0.2) is 93.6 Å². The molecule has 1 saturated carbocycles. The molecule has 4 radical (unpaired) electrons. The van der Waals surface area contributed by atoms with Crippen molar-refractivity contribution in [1.82, 2.24) is 24.7 Å². The van der Waals surface area contributed by atoms with E-state index in [2.05, 4.69) is 20.1 Å². The molecule has 11 nitrogen and oxygen atoms in total. The van der Waals surface area contributed by atoms with Crippen LogP contribution in [0.4, 0.5) is 0 Å². The first-order valence-corrected chi connectivity index (χ1v) is 8.14. The molecule has 0 aliphatic heterocycles. The number of nitrogens with one attached hydrogen (secondary N) is 1. The third-order valence-electron chi connectivity index (χ3n) is 5.30. The third-order valence-corrected chi connectivity index (χ3v) is 5.30. The largest absolute Gasteiger partial charge is 0.394 e. The second-order valence-electron chi connectivity index (χ2n) is 6.96. The summed E-state index contributed by atoms with van der Waals surface area (Å²) in [5, 5.41) is 65.4. The van der Waals surface area contributed by atoms with Crippen molar-refractivity contribution >= 4 is 26.7 Å². The standard InChI is InChI=1S/C15H15B2N5O6/c16-12(23)9(13(24,25)14(17,26)15(12,27)28)5-22-4-7(3-21-22)10-8-1-2-18-11(8)20-6-19-10/h1-4,6,9,23-28H,5H2,(H,18,19,20). The highest BCUT2D eigenvalue weighted by Crippen LogP contribution is 2.51. The molecule has 0 aromatic carbocycles. The van der Waals surface area contributed by atoms with Crippen LogP contribution in [0.3, 0.4) is 0 Å². The Balaban J connectivity index is 1.70. The summed E-state index contributed by atoms with van der Waals surface area (Å²) < 4.78 is 1.16. The number of hydrogen-bond acceptors (Lipinski definition) is 9. The lowest BCUT2D eigenvalue weighted by Crippen LogP contribution is -2.67. The minimum Gasteiger partial charge on any atom is -0.394 e. The van der Waals surface area contributed by atoms with E-state index in [0.717, 1.165) is 10.1 Å². The number of H-pyrrole nitrogens is 1. The van der Waals surface area contributed by atoms with E-state index >= 15 is 0 Å². The van der Waals surface area contributed by atoms with Gasteiger partial charge >= 0.3 is 0 Å². The molecule has 3 aromatic heterocycles. The SMILES string of the molecule is [B]C1(O)C(Cn2cc(-c3ncnc4[nH]ccc34)cn2)C(O)(O)C([B])(O)C1(O)O. The molecule has 142 valence electrons. The van der Waals surface area contributed by atoms with Gasteiger partial charge in [0.05, 0.1) is 29.9 Å². The fourth-order valence-electron chi connectivity index (χ4n) is 3.52. The van der Waals surface area contributed by atoms with E-state index in [4.69, 9.17) is 15.7 Å². The second kappa shape index (κ2) is 5.63. The van der Waals surface area contributed by atoms with Gasteiger partial charge in [-0.15, -0.1) is 0 Å². The highest BCUT2D eigenvalue weighted by molar-refractivity contribution is 6.21. The van der Waals surface area contributed by atoms with Gasteiger partial charge in [-0.2, -0.15) is 5.10 Å². The number of fused-ring (bicyclic) bond motifs is 1. The summed E-state index contributed by atoms with van der Waals surface area (Å²) in [6.07, 6.45) is 5.94. The van der Waals surface area contributed by atoms with Crippen LogP contribution in [0.15, 0.2) is 31.0 Å². The number of aromatic amines is 1. The average Bonchev–Trinajstić information content (AvgIpc) is 3.28. The summed E-state index contributed by atoms with van der Waals surface area (Å²) in [7, 11) is 10.8. The van der Waals surface area contributed by atoms with Crippen LogP contribution >= 0.6 is 0 Å². The quantitative estimate of drug-likeness (QED) is 0.179. The Morgan fingerprint density at radius 3 is 2.46 bits per heavy atom. The first-order valence-electron chi connectivity index (χ1n) is 8.14. The highest BCUT2D eigenvalue weighted by Gasteiger charge is 2.77. The van der Waals surface area contributed by atoms with Gasteiger partial charge in [-0.05, 0) is 6.07 Å². The van der Waals surface area contributed by atoms with Crippen molar-refractivity contribution in [3.8, 4) is 11.3 Å². The minimum absolute atomic E-state index is 0.524. The van der Waals surface area contributed by atoms with E-state index in [0.29, 0.717) is 16.9 Å². The molecule has 28 heavy (non-hydrogen) atoms. The average molecular weight is 383 g/mol. The molecule has 4 rings (SSSR count). The maximum atomic E-state index is 10.3. The van der Waals surface area contributed by atoms with Crippen LogP contribution in [0, 0.1) is 5.92 Å². The summed E-state index contributed by atoms with van der Waals surface area (Å²) in [6, 6.07) is 1.77. The van der Waals surface area contributed by atoms with Gasteiger partial charge in [-0.1, -0.05) is 0 Å². The van der Waals surface area contributed by atoms with Crippen LogP contribution in [-0.2, 0) is 6.54 Å². The molecule has 13 heteroatoms. The third kappa shape index (κ3) is 2.25. The van der Waals surface area contributed by atoms with Gasteiger partial charge in [0.25, 0.3) is 0 Å². The van der Waals surface area contributed by atoms with Gasteiger partial charge < -0.3 is 35.6 Å². The van der Waals surface area contributed by atoms with Crippen molar-refractivity contribution in [3.05, 3.63) is 31.0 Å². The molecule has 7 N–H and O–H groups in total. The fraction of sp³-hybridized carbons (Fsp3) is 0.400. The van der Waals surface area contributed by atoms with Gasteiger partial charge in [0, 0.05) is 23.3 Å². The molecular formula is C15H15B2N5O6. The summed E-state index contributed by atoms with van der Waals surface area (Å²) in [5.41, 5.74) is -4.83. The lowest BCUT2D eigenvalue weighted by molar-refractivity contribution is -0.322. The summed E-state index contributed by atoms with van der Waals surface area (Å²) >= 11 is 0. The smallest absolute Gasteiger partial charge is 0.209 e. The lowest BCUT2D eigenvalue weighted by atomic mass is 9.66. The first kappa shape index (κ1) is 19.1. The predicted molar refractivity (Wildman–Crippen MR) is 94.3 cm³/mol. The predicted octanol–water partition coefficient (Wildman–Crippen LogP) is -3.47. The van der Waals surface area contributed by atoms with Crippen LogP contribution in [0.2, 0.25) is 0 Å². The Kier molecular flexibility index (Phi) is 3.83. The Morgan fingerprint density at radius 1 is 1.11 bits per heavy atom. The molecule has 1 aliphatic rings. The van der Waals surface area contributed by atoms with Gasteiger partial charge in [0.2, 0.25) is 5.79 Å². The number of hydrogen-bond donors (Lipinski definition) is 7. The number of nitrogens with zero attached hydrogens (tertiary/aromatic N) is 4. The highest BCUT2D eigenvalue weighted by atomic mass is 16.6. The monoisotopic (exact) mass is 383 g/mol. The Labute approximate surface area is 160 Å². The topological polar surface area (TPSA) is 181 Å². The number of aliphatic hydroxyl groups is 6. The van der Waals surface area contributed by atoms with E-state index in [-0.39, 0.29) is 0 Å². The molecule has 0 spiro atoms. The molecule has 0 amide bonds. The van der Waals surface area contributed by atoms with Crippen LogP contribution in [0.5, 0.6) is 0 Å². The summed E-state index contributed by atoms with van der Waals surface area (Å²) in [6.45, 7) is -0.524. The van der Waals surface area contributed by atoms with Crippen LogP contribution < -0.4 is 0 Å². The van der Waals surface area contributed by atoms with Crippen LogP contribution in [0.25, 0.3) is 22.3 Å². The maximum absolute atomic E-state index is 10.3. The van der Waals surface area contributed by atoms with Gasteiger partial charge in [-0.3, -0.25) is 4.68 Å². The summed E-state index contributed by atoms with van der Waals surface area (Å²) in [5.74, 6) is -8.89. The summed E-state index contributed by atoms with van der Waals surface area (Å²) in [4.78, 5) is 11.2. The van der Waals surface area contributed by atoms with Crippen molar-refractivity contribution in [2.75, 3.05) is 0 Å². The molecule has 0 saturated heterocycles. The zero-order valence-corrected chi connectivity index (χ0v) is 14.3. The van der Waals surface area contributed by atoms with E-state index in [1.807, 2.05) is 0 Å². The normalized spacial score (nSPS) is 31.4. The van der Waals surface area contributed by atoms with Crippen molar-refractivity contribution in [2.24, 2.45) is 5.92 Å². The van der Waals surface area contributed by atoms with Crippen LogP contribution in [0.1, 0.15) is 0 Å². The molecule has 3 aromatic rings. The molecule has 3 unspecified atom stereocenters. The van der Waals surface area contributed by atoms with Gasteiger partial charge in [0.1, 0.15) is 33.2 Å². The van der Waals surface area contributed by atoms with Crippen molar-refractivity contribution in [1.29, 1.82) is 0 Å². The van der Waals surface area contributed by atoms with Crippen molar-refractivity contribution in [3.63, 3.8) is 0 Å². The second-order valence-corrected chi connectivity index (χ2v) is 6.96. The van der Waals surface area contributed by atoms with Crippen molar-refractivity contribution < 1.29 is 30.6 Å². The van der Waals surface area contributed by atoms with Gasteiger partial charge in [-0.25, -0.2) is 9.97 Å². The zero-order valence-electron chi connectivity index (χ0n) is 14.3.